The van der Waals surface area contributed by atoms with Crippen LogP contribution in [0, 0.1) is 5.82 Å². The second kappa shape index (κ2) is 7.72. The first-order valence-electron chi connectivity index (χ1n) is 10.00. The number of nitrogen functional groups attached to an aromatic ring is 1. The highest BCUT2D eigenvalue weighted by Crippen LogP contribution is 2.36. The van der Waals surface area contributed by atoms with Crippen LogP contribution in [0.4, 0.5) is 15.9 Å². The van der Waals surface area contributed by atoms with Crippen molar-refractivity contribution < 1.29 is 9.13 Å². The number of aliphatic imine (C=N–C) groups is 1. The third-order valence-corrected chi connectivity index (χ3v) is 6.75. The van der Waals surface area contributed by atoms with Gasteiger partial charge in [-0.3, -0.25) is 9.89 Å². The monoisotopic (exact) mass is 472 g/mol. The number of halogens is 2. The van der Waals surface area contributed by atoms with Crippen LogP contribution >= 0.6 is 15.9 Å². The number of hydrogen-bond donors (Lipinski definition) is 1. The van der Waals surface area contributed by atoms with Gasteiger partial charge in [0.05, 0.1) is 41.3 Å². The lowest BCUT2D eigenvalue weighted by molar-refractivity contribution is 0.0189. The summed E-state index contributed by atoms with van der Waals surface area (Å²) >= 11 is 3.63. The van der Waals surface area contributed by atoms with Crippen LogP contribution in [-0.2, 0) is 11.2 Å². The second-order valence-corrected chi connectivity index (χ2v) is 8.51. The van der Waals surface area contributed by atoms with Gasteiger partial charge in [0.15, 0.2) is 5.65 Å². The molecule has 2 aromatic heterocycles. The Hall–Kier alpha value is -2.36. The molecule has 156 valence electrons. The number of aromatic nitrogens is 3. The van der Waals surface area contributed by atoms with Crippen LogP contribution in [0.15, 0.2) is 33.9 Å². The maximum Gasteiger partial charge on any atom is 0.161 e. The lowest BCUT2D eigenvalue weighted by Crippen LogP contribution is -2.38. The predicted molar refractivity (Wildman–Crippen MR) is 117 cm³/mol. The van der Waals surface area contributed by atoms with Crippen molar-refractivity contribution >= 4 is 39.3 Å². The van der Waals surface area contributed by atoms with Gasteiger partial charge in [0, 0.05) is 30.8 Å². The topological polar surface area (TPSA) is 81.0 Å². The Balaban J connectivity index is 1.55. The van der Waals surface area contributed by atoms with Gasteiger partial charge in [-0.05, 0) is 53.0 Å². The fourth-order valence-corrected chi connectivity index (χ4v) is 4.79. The van der Waals surface area contributed by atoms with Crippen molar-refractivity contribution in [2.24, 2.45) is 4.99 Å². The first-order chi connectivity index (χ1) is 14.5. The van der Waals surface area contributed by atoms with E-state index in [2.05, 4.69) is 37.8 Å². The fraction of sp³-hybridized carbons (Fsp3) is 0.381. The molecule has 3 aromatic rings. The molecule has 2 atom stereocenters. The molecular weight excluding hydrogens is 451 g/mol. The Labute approximate surface area is 181 Å². The molecule has 5 rings (SSSR count). The summed E-state index contributed by atoms with van der Waals surface area (Å²) in [4.78, 5) is 11.8. The predicted octanol–water partition coefficient (Wildman–Crippen LogP) is 3.65. The number of nitrogens with two attached hydrogens (primary N) is 1. The normalized spacial score (nSPS) is 20.4. The third-order valence-electron chi connectivity index (χ3n) is 5.94. The molecule has 0 amide bonds. The zero-order chi connectivity index (χ0) is 20.8. The number of anilines is 1. The van der Waals surface area contributed by atoms with Crippen molar-refractivity contribution in [1.29, 1.82) is 0 Å². The Morgan fingerprint density at radius 1 is 1.30 bits per heavy atom. The lowest BCUT2D eigenvalue weighted by atomic mass is 9.91. The molecule has 0 saturated carbocycles. The van der Waals surface area contributed by atoms with E-state index in [9.17, 15) is 4.39 Å². The van der Waals surface area contributed by atoms with Crippen LogP contribution in [0.5, 0.6) is 0 Å². The first-order valence-corrected chi connectivity index (χ1v) is 10.8. The number of rotatable bonds is 3. The molecule has 2 N–H and O–H groups in total. The van der Waals surface area contributed by atoms with Gasteiger partial charge in [0.25, 0.3) is 0 Å². The van der Waals surface area contributed by atoms with Gasteiger partial charge in [-0.1, -0.05) is 0 Å². The number of ether oxygens (including phenoxy) is 1. The summed E-state index contributed by atoms with van der Waals surface area (Å²) in [6.45, 7) is 5.26. The van der Waals surface area contributed by atoms with Crippen molar-refractivity contribution in [3.63, 3.8) is 0 Å². The van der Waals surface area contributed by atoms with E-state index in [1.54, 1.807) is 22.8 Å². The quantitative estimate of drug-likeness (QED) is 0.628. The van der Waals surface area contributed by atoms with Crippen LogP contribution in [0.1, 0.15) is 35.7 Å². The van der Waals surface area contributed by atoms with Crippen molar-refractivity contribution in [1.82, 2.24) is 19.5 Å². The minimum Gasteiger partial charge on any atom is -0.383 e. The molecule has 0 radical (unpaired) electrons. The maximum atomic E-state index is 13.7. The van der Waals surface area contributed by atoms with E-state index >= 15 is 0 Å². The number of hydrogen-bond acceptors (Lipinski definition) is 6. The van der Waals surface area contributed by atoms with E-state index < -0.39 is 0 Å². The minimum absolute atomic E-state index is 0.0450. The molecular formula is C21H22BrFN6O. The van der Waals surface area contributed by atoms with Crippen LogP contribution in [-0.4, -0.2) is 52.0 Å². The average Bonchev–Trinajstić information content (AvgIpc) is 3.20. The zero-order valence-electron chi connectivity index (χ0n) is 16.6. The van der Waals surface area contributed by atoms with E-state index in [0.717, 1.165) is 40.1 Å². The Morgan fingerprint density at radius 3 is 2.90 bits per heavy atom. The molecule has 2 unspecified atom stereocenters. The standard InChI is InChI=1S/C21H22BrFN6O/c1-12(28-4-6-30-7-5-28)19-18(22)20(24)29-21(27-19)16(11-26-29)14-8-13-9-15(23)2-3-17(13)25-10-14/h2-3,9-12,14H,4-8,24H2,1H3. The number of morpholine rings is 1. The van der Waals surface area contributed by atoms with E-state index in [-0.39, 0.29) is 17.8 Å². The van der Waals surface area contributed by atoms with Crippen molar-refractivity contribution in [2.75, 3.05) is 32.0 Å². The summed E-state index contributed by atoms with van der Waals surface area (Å²) in [6.07, 6.45) is 4.32. The second-order valence-electron chi connectivity index (χ2n) is 7.72. The Kier molecular flexibility index (Phi) is 5.04. The molecule has 2 aliphatic rings. The van der Waals surface area contributed by atoms with Gasteiger partial charge in [0.2, 0.25) is 0 Å². The van der Waals surface area contributed by atoms with Crippen molar-refractivity contribution in [2.45, 2.75) is 25.3 Å². The zero-order valence-corrected chi connectivity index (χ0v) is 18.1. The van der Waals surface area contributed by atoms with Crippen LogP contribution in [0.2, 0.25) is 0 Å². The Bertz CT molecular complexity index is 1140. The van der Waals surface area contributed by atoms with Gasteiger partial charge in [-0.2, -0.15) is 9.61 Å². The SMILES string of the molecule is CC(c1nc2c(C3C=Nc4ccc(F)cc4C3)cnn2c(N)c1Br)N1CCOCC1. The highest BCUT2D eigenvalue weighted by molar-refractivity contribution is 9.10. The molecule has 4 heterocycles. The molecule has 7 nitrogen and oxygen atoms in total. The molecule has 0 bridgehead atoms. The highest BCUT2D eigenvalue weighted by atomic mass is 79.9. The molecule has 1 saturated heterocycles. The molecule has 0 spiro atoms. The summed E-state index contributed by atoms with van der Waals surface area (Å²) in [6, 6.07) is 4.77. The summed E-state index contributed by atoms with van der Waals surface area (Å²) in [5.41, 5.74) is 10.6. The van der Waals surface area contributed by atoms with Gasteiger partial charge in [-0.15, -0.1) is 0 Å². The van der Waals surface area contributed by atoms with Gasteiger partial charge in [0.1, 0.15) is 11.6 Å². The summed E-state index contributed by atoms with van der Waals surface area (Å²) in [5.74, 6) is 0.217. The van der Waals surface area contributed by atoms with E-state index in [1.165, 1.54) is 6.07 Å². The van der Waals surface area contributed by atoms with Gasteiger partial charge >= 0.3 is 0 Å². The molecule has 1 aromatic carbocycles. The molecule has 30 heavy (non-hydrogen) atoms. The number of nitrogens with zero attached hydrogens (tertiary/aromatic N) is 5. The van der Waals surface area contributed by atoms with Crippen LogP contribution in [0.3, 0.4) is 0 Å². The third kappa shape index (κ3) is 3.30. The largest absolute Gasteiger partial charge is 0.383 e. The number of fused-ring (bicyclic) bond motifs is 2. The molecule has 0 aliphatic carbocycles. The highest BCUT2D eigenvalue weighted by Gasteiger charge is 2.27. The van der Waals surface area contributed by atoms with E-state index in [1.807, 2.05) is 6.21 Å². The summed E-state index contributed by atoms with van der Waals surface area (Å²) < 4.78 is 21.6. The smallest absolute Gasteiger partial charge is 0.161 e. The Morgan fingerprint density at radius 2 is 2.10 bits per heavy atom. The average molecular weight is 473 g/mol. The summed E-state index contributed by atoms with van der Waals surface area (Å²) in [7, 11) is 0. The van der Waals surface area contributed by atoms with Gasteiger partial charge in [-0.25, -0.2) is 9.37 Å². The van der Waals surface area contributed by atoms with Crippen LogP contribution < -0.4 is 5.73 Å². The van der Waals surface area contributed by atoms with Crippen molar-refractivity contribution in [3.8, 4) is 0 Å². The molecule has 9 heteroatoms. The fourth-order valence-electron chi connectivity index (χ4n) is 4.20. The van der Waals surface area contributed by atoms with Crippen LogP contribution in [0.25, 0.3) is 5.65 Å². The van der Waals surface area contributed by atoms with E-state index in [0.29, 0.717) is 31.1 Å². The summed E-state index contributed by atoms with van der Waals surface area (Å²) in [5, 5.41) is 4.47. The minimum atomic E-state index is -0.252. The van der Waals surface area contributed by atoms with Gasteiger partial charge < -0.3 is 10.5 Å². The first kappa shape index (κ1) is 19.6. The molecule has 1 fully saturated rings. The molecule has 2 aliphatic heterocycles. The lowest BCUT2D eigenvalue weighted by Gasteiger charge is -2.32. The number of benzene rings is 1. The van der Waals surface area contributed by atoms with Crippen molar-refractivity contribution in [3.05, 3.63) is 51.5 Å². The van der Waals surface area contributed by atoms with E-state index in [4.69, 9.17) is 15.5 Å². The maximum absolute atomic E-state index is 13.7.